The highest BCUT2D eigenvalue weighted by molar-refractivity contribution is 6.73. The van der Waals surface area contributed by atoms with E-state index >= 15 is 0 Å². The van der Waals surface area contributed by atoms with Crippen molar-refractivity contribution in [2.45, 2.75) is 71.4 Å². The summed E-state index contributed by atoms with van der Waals surface area (Å²) in [5.41, 5.74) is 2.49. The smallest absolute Gasteiger partial charge is 0.192 e. The van der Waals surface area contributed by atoms with Gasteiger partial charge in [0.25, 0.3) is 0 Å². The predicted molar refractivity (Wildman–Crippen MR) is 105 cm³/mol. The lowest BCUT2D eigenvalue weighted by Crippen LogP contribution is -2.44. The molecule has 0 spiro atoms. The predicted octanol–water partition coefficient (Wildman–Crippen LogP) is 5.50. The van der Waals surface area contributed by atoms with Gasteiger partial charge in [-0.1, -0.05) is 71.0 Å². The van der Waals surface area contributed by atoms with Crippen LogP contribution in [0.2, 0.25) is 18.1 Å². The maximum absolute atomic E-state index is 10.9. The fourth-order valence-corrected chi connectivity index (χ4v) is 6.94. The fraction of sp³-hybridized carbons (Fsp3) is 0.619. The Morgan fingerprint density at radius 1 is 1.04 bits per heavy atom. The topological polar surface area (TPSA) is 29.5 Å². The van der Waals surface area contributed by atoms with Gasteiger partial charge in [-0.3, -0.25) is 0 Å². The van der Waals surface area contributed by atoms with E-state index < -0.39 is 8.32 Å². The van der Waals surface area contributed by atoms with Crippen molar-refractivity contribution in [2.75, 3.05) is 0 Å². The van der Waals surface area contributed by atoms with Crippen LogP contribution in [0.3, 0.4) is 0 Å². The van der Waals surface area contributed by atoms with Crippen molar-refractivity contribution >= 4 is 13.9 Å². The van der Waals surface area contributed by atoms with Gasteiger partial charge in [0.2, 0.25) is 0 Å². The van der Waals surface area contributed by atoms with Crippen LogP contribution in [0, 0.1) is 11.8 Å². The highest BCUT2D eigenvalue weighted by atomic mass is 28.4. The summed E-state index contributed by atoms with van der Waals surface area (Å²) in [6.07, 6.45) is 3.00. The van der Waals surface area contributed by atoms with E-state index in [0.29, 0.717) is 0 Å². The average Bonchev–Trinajstić information content (AvgIpc) is 2.73. The Bertz CT molecular complexity index is 528. The van der Waals surface area contributed by atoms with Crippen molar-refractivity contribution < 1.29 is 9.53 Å². The van der Waals surface area contributed by atoms with Gasteiger partial charge in [-0.25, -0.2) is 0 Å². The number of hydrogen-bond donors (Lipinski definition) is 1. The molecule has 0 aromatic heterocycles. The van der Waals surface area contributed by atoms with E-state index in [4.69, 9.17) is 4.43 Å². The second-order valence-corrected chi connectivity index (χ2v) is 12.0. The van der Waals surface area contributed by atoms with E-state index in [1.165, 1.54) is 11.1 Å². The Labute approximate surface area is 149 Å². The van der Waals surface area contributed by atoms with Gasteiger partial charge in [0.15, 0.2) is 8.32 Å². The molecule has 1 aromatic carbocycles. The number of benzene rings is 1. The second kappa shape index (κ2) is 8.46. The summed E-state index contributed by atoms with van der Waals surface area (Å²) < 4.78 is 6.76. The molecular weight excluding hydrogens is 312 g/mol. The van der Waals surface area contributed by atoms with Gasteiger partial charge in [0, 0.05) is 11.8 Å². The first-order valence-electron chi connectivity index (χ1n) is 9.59. The standard InChI is InChI=1S/C21H34O2Si/c1-6-24(7-2,8-3)23-20-15-14-19(16(4)21(22)17(20)5)18-12-10-9-11-13-18/h9-14,16-17,20-22H,6-8,15H2,1-5H3/t16-,17-,20-,21+/m1/s1. The fourth-order valence-electron chi connectivity index (χ4n) is 3.99. The van der Waals surface area contributed by atoms with Crippen molar-refractivity contribution in [2.24, 2.45) is 11.8 Å². The molecule has 2 nitrogen and oxygen atoms in total. The zero-order chi connectivity index (χ0) is 17.7. The summed E-state index contributed by atoms with van der Waals surface area (Å²) in [6, 6.07) is 13.9. The molecule has 4 atom stereocenters. The normalized spacial score (nSPS) is 28.3. The lowest BCUT2D eigenvalue weighted by atomic mass is 9.85. The SMILES string of the molecule is CC[Si](CC)(CC)O[C@@H]1CC=C(c2ccccc2)[C@@H](C)[C@H](O)[C@@H]1C. The lowest BCUT2D eigenvalue weighted by molar-refractivity contribution is 0.0181. The molecule has 0 fully saturated rings. The molecule has 1 N–H and O–H groups in total. The minimum Gasteiger partial charge on any atom is -0.413 e. The summed E-state index contributed by atoms with van der Waals surface area (Å²) in [4.78, 5) is 0. The number of aliphatic hydroxyl groups excluding tert-OH is 1. The molecule has 0 bridgehead atoms. The van der Waals surface area contributed by atoms with Gasteiger partial charge in [0.1, 0.15) is 0 Å². The molecule has 0 amide bonds. The molecule has 0 heterocycles. The second-order valence-electron chi connectivity index (χ2n) is 7.30. The molecule has 1 aliphatic rings. The zero-order valence-corrected chi connectivity index (χ0v) is 17.0. The molecule has 2 rings (SSSR count). The highest BCUT2D eigenvalue weighted by Gasteiger charge is 2.38. The van der Waals surface area contributed by atoms with E-state index in [0.717, 1.165) is 24.6 Å². The highest BCUT2D eigenvalue weighted by Crippen LogP contribution is 2.37. The lowest BCUT2D eigenvalue weighted by Gasteiger charge is -2.37. The molecule has 0 aliphatic heterocycles. The summed E-state index contributed by atoms with van der Waals surface area (Å²) >= 11 is 0. The first-order valence-corrected chi connectivity index (χ1v) is 12.1. The molecule has 0 saturated carbocycles. The summed E-state index contributed by atoms with van der Waals surface area (Å²) in [7, 11) is -1.66. The third kappa shape index (κ3) is 4.01. The average molecular weight is 347 g/mol. The van der Waals surface area contributed by atoms with E-state index in [9.17, 15) is 5.11 Å². The maximum atomic E-state index is 10.9. The first-order chi connectivity index (χ1) is 11.5. The Hall–Kier alpha value is -0.903. The van der Waals surface area contributed by atoms with Gasteiger partial charge in [0.05, 0.1) is 12.2 Å². The Kier molecular flexibility index (Phi) is 6.85. The molecule has 0 saturated heterocycles. The molecular formula is C21H34O2Si. The summed E-state index contributed by atoms with van der Waals surface area (Å²) in [6.45, 7) is 11.1. The molecule has 0 unspecified atom stereocenters. The Morgan fingerprint density at radius 2 is 1.62 bits per heavy atom. The number of hydrogen-bond acceptors (Lipinski definition) is 2. The van der Waals surface area contributed by atoms with E-state index in [1.807, 2.05) is 6.07 Å². The molecule has 0 radical (unpaired) electrons. The van der Waals surface area contributed by atoms with Crippen molar-refractivity contribution in [3.8, 4) is 0 Å². The van der Waals surface area contributed by atoms with E-state index in [1.54, 1.807) is 0 Å². The van der Waals surface area contributed by atoms with Crippen molar-refractivity contribution in [3.05, 3.63) is 42.0 Å². The van der Waals surface area contributed by atoms with Gasteiger partial charge in [-0.05, 0) is 35.7 Å². The molecule has 134 valence electrons. The van der Waals surface area contributed by atoms with Crippen LogP contribution in [0.1, 0.15) is 46.6 Å². The van der Waals surface area contributed by atoms with Gasteiger partial charge >= 0.3 is 0 Å². The van der Waals surface area contributed by atoms with Crippen LogP contribution in [0.5, 0.6) is 0 Å². The molecule has 1 aromatic rings. The van der Waals surface area contributed by atoms with Crippen molar-refractivity contribution in [1.82, 2.24) is 0 Å². The quantitative estimate of drug-likeness (QED) is 0.689. The monoisotopic (exact) mass is 346 g/mol. The third-order valence-electron chi connectivity index (χ3n) is 6.14. The summed E-state index contributed by atoms with van der Waals surface area (Å²) in [5, 5.41) is 10.9. The number of rotatable bonds is 6. The largest absolute Gasteiger partial charge is 0.413 e. The van der Waals surface area contributed by atoms with Crippen LogP contribution in [-0.2, 0) is 4.43 Å². The van der Waals surface area contributed by atoms with Crippen molar-refractivity contribution in [3.63, 3.8) is 0 Å². The Morgan fingerprint density at radius 3 is 2.17 bits per heavy atom. The summed E-state index contributed by atoms with van der Waals surface area (Å²) in [5.74, 6) is 0.297. The minimum atomic E-state index is -1.66. The van der Waals surface area contributed by atoms with Crippen LogP contribution < -0.4 is 0 Å². The molecule has 24 heavy (non-hydrogen) atoms. The van der Waals surface area contributed by atoms with Gasteiger partial charge in [-0.2, -0.15) is 0 Å². The maximum Gasteiger partial charge on any atom is 0.192 e. The molecule has 3 heteroatoms. The van der Waals surface area contributed by atoms with E-state index in [2.05, 4.69) is 65.0 Å². The van der Waals surface area contributed by atoms with Crippen LogP contribution in [0.4, 0.5) is 0 Å². The van der Waals surface area contributed by atoms with Crippen LogP contribution in [0.15, 0.2) is 36.4 Å². The Balaban J connectivity index is 2.28. The molecule has 1 aliphatic carbocycles. The third-order valence-corrected chi connectivity index (χ3v) is 10.8. The zero-order valence-electron chi connectivity index (χ0n) is 16.0. The van der Waals surface area contributed by atoms with Crippen LogP contribution in [-0.4, -0.2) is 25.6 Å². The number of aliphatic hydroxyl groups is 1. The van der Waals surface area contributed by atoms with E-state index in [-0.39, 0.29) is 24.0 Å². The van der Waals surface area contributed by atoms with Crippen LogP contribution in [0.25, 0.3) is 5.57 Å². The van der Waals surface area contributed by atoms with Crippen LogP contribution >= 0.6 is 0 Å². The minimum absolute atomic E-state index is 0.134. The van der Waals surface area contributed by atoms with Crippen molar-refractivity contribution in [1.29, 1.82) is 0 Å². The van der Waals surface area contributed by atoms with Gasteiger partial charge < -0.3 is 9.53 Å². The first kappa shape index (κ1) is 19.4. The van der Waals surface area contributed by atoms with Gasteiger partial charge in [-0.15, -0.1) is 0 Å².